The van der Waals surface area contributed by atoms with Crippen LogP contribution in [0.4, 0.5) is 11.6 Å². The van der Waals surface area contributed by atoms with E-state index in [9.17, 15) is 0 Å². The molecule has 0 aliphatic rings. The summed E-state index contributed by atoms with van der Waals surface area (Å²) in [5.41, 5.74) is 14.9. The highest BCUT2D eigenvalue weighted by Crippen LogP contribution is 2.32. The third-order valence-corrected chi connectivity index (χ3v) is 2.82. The number of anilines is 2. The topological polar surface area (TPSA) is 64.9 Å². The number of hydrogen-bond acceptors (Lipinski definition) is 3. The van der Waals surface area contributed by atoms with Crippen LogP contribution in [0, 0.1) is 0 Å². The molecule has 0 saturated carbocycles. The van der Waals surface area contributed by atoms with Crippen molar-refractivity contribution >= 4 is 24.0 Å². The summed E-state index contributed by atoms with van der Waals surface area (Å²) in [7, 11) is 0. The molecule has 0 fully saturated rings. The van der Waals surface area contributed by atoms with Crippen LogP contribution >= 0.6 is 12.4 Å². The van der Waals surface area contributed by atoms with E-state index in [2.05, 4.69) is 31.0 Å². The standard InChI is InChI=1S/C14H17N3.ClH/c1-9(2)10-5-3-4-6-11(10)12-7-8-13(15)17-14(12)16;/h3-9H,1-2H3,(H4,15,16,17);1H. The van der Waals surface area contributed by atoms with Crippen molar-refractivity contribution in [3.8, 4) is 11.1 Å². The average Bonchev–Trinajstić information content (AvgIpc) is 2.29. The SMILES string of the molecule is CC(C)c1ccccc1-c1ccc(N)nc1N.Cl. The molecule has 4 N–H and O–H groups in total. The molecule has 1 aromatic heterocycles. The number of rotatable bonds is 2. The van der Waals surface area contributed by atoms with Crippen LogP contribution in [-0.2, 0) is 0 Å². The van der Waals surface area contributed by atoms with Gasteiger partial charge in [0.15, 0.2) is 0 Å². The second-order valence-electron chi connectivity index (χ2n) is 4.41. The zero-order valence-electron chi connectivity index (χ0n) is 10.6. The Morgan fingerprint density at radius 1 is 0.944 bits per heavy atom. The van der Waals surface area contributed by atoms with Gasteiger partial charge in [-0.2, -0.15) is 0 Å². The molecule has 0 aliphatic heterocycles. The summed E-state index contributed by atoms with van der Waals surface area (Å²) in [6.07, 6.45) is 0. The summed E-state index contributed by atoms with van der Waals surface area (Å²) < 4.78 is 0. The third-order valence-electron chi connectivity index (χ3n) is 2.82. The quantitative estimate of drug-likeness (QED) is 0.872. The molecule has 0 aliphatic carbocycles. The van der Waals surface area contributed by atoms with E-state index in [1.807, 2.05) is 18.2 Å². The van der Waals surface area contributed by atoms with Crippen molar-refractivity contribution in [3.63, 3.8) is 0 Å². The Morgan fingerprint density at radius 2 is 1.61 bits per heavy atom. The van der Waals surface area contributed by atoms with Gasteiger partial charge in [-0.15, -0.1) is 12.4 Å². The van der Waals surface area contributed by atoms with Gasteiger partial charge in [0.1, 0.15) is 11.6 Å². The van der Waals surface area contributed by atoms with E-state index in [0.717, 1.165) is 11.1 Å². The first-order valence-electron chi connectivity index (χ1n) is 5.71. The highest BCUT2D eigenvalue weighted by Gasteiger charge is 2.10. The normalized spacial score (nSPS) is 10.2. The van der Waals surface area contributed by atoms with Gasteiger partial charge < -0.3 is 11.5 Å². The summed E-state index contributed by atoms with van der Waals surface area (Å²) in [6.45, 7) is 4.33. The number of aromatic nitrogens is 1. The fourth-order valence-corrected chi connectivity index (χ4v) is 1.96. The fourth-order valence-electron chi connectivity index (χ4n) is 1.96. The maximum absolute atomic E-state index is 5.93. The molecule has 0 amide bonds. The molecule has 1 aromatic carbocycles. The molecule has 1 heterocycles. The van der Waals surface area contributed by atoms with Crippen LogP contribution in [-0.4, -0.2) is 4.98 Å². The second-order valence-corrected chi connectivity index (χ2v) is 4.41. The number of nitrogens with two attached hydrogens (primary N) is 2. The smallest absolute Gasteiger partial charge is 0.133 e. The minimum atomic E-state index is 0. The number of pyridine rings is 1. The van der Waals surface area contributed by atoms with Crippen LogP contribution in [0.5, 0.6) is 0 Å². The molecule has 18 heavy (non-hydrogen) atoms. The highest BCUT2D eigenvalue weighted by molar-refractivity contribution is 5.85. The van der Waals surface area contributed by atoms with E-state index in [4.69, 9.17) is 11.5 Å². The molecule has 2 rings (SSSR count). The molecule has 2 aromatic rings. The molecule has 0 unspecified atom stereocenters. The van der Waals surface area contributed by atoms with Gasteiger partial charge in [0.2, 0.25) is 0 Å². The summed E-state index contributed by atoms with van der Waals surface area (Å²) in [5, 5.41) is 0. The van der Waals surface area contributed by atoms with E-state index in [1.54, 1.807) is 6.07 Å². The van der Waals surface area contributed by atoms with Crippen molar-refractivity contribution in [1.29, 1.82) is 0 Å². The van der Waals surface area contributed by atoms with Crippen LogP contribution in [0.1, 0.15) is 25.3 Å². The van der Waals surface area contributed by atoms with Gasteiger partial charge in [-0.05, 0) is 29.2 Å². The van der Waals surface area contributed by atoms with E-state index in [1.165, 1.54) is 5.56 Å². The summed E-state index contributed by atoms with van der Waals surface area (Å²) >= 11 is 0. The first kappa shape index (κ1) is 14.3. The molecule has 4 heteroatoms. The third kappa shape index (κ3) is 2.74. The minimum absolute atomic E-state index is 0. The molecule has 3 nitrogen and oxygen atoms in total. The number of benzene rings is 1. The maximum Gasteiger partial charge on any atom is 0.133 e. The van der Waals surface area contributed by atoms with E-state index < -0.39 is 0 Å². The van der Waals surface area contributed by atoms with Crippen LogP contribution in [0.15, 0.2) is 36.4 Å². The predicted octanol–water partition coefficient (Wildman–Crippen LogP) is 3.46. The Balaban J connectivity index is 0.00000162. The van der Waals surface area contributed by atoms with E-state index in [-0.39, 0.29) is 12.4 Å². The number of halogens is 1. The van der Waals surface area contributed by atoms with Crippen molar-refractivity contribution in [1.82, 2.24) is 4.98 Å². The van der Waals surface area contributed by atoms with Crippen molar-refractivity contribution in [2.45, 2.75) is 19.8 Å². The fraction of sp³-hybridized carbons (Fsp3) is 0.214. The van der Waals surface area contributed by atoms with Gasteiger partial charge in [0.05, 0.1) is 0 Å². The molecule has 0 atom stereocenters. The Bertz CT molecular complexity index is 538. The first-order chi connectivity index (χ1) is 8.09. The minimum Gasteiger partial charge on any atom is -0.384 e. The second kappa shape index (κ2) is 5.74. The molecule has 0 saturated heterocycles. The number of nitrogens with zero attached hydrogens (tertiary/aromatic N) is 1. The van der Waals surface area contributed by atoms with Gasteiger partial charge in [-0.1, -0.05) is 38.1 Å². The van der Waals surface area contributed by atoms with E-state index in [0.29, 0.717) is 17.6 Å². The zero-order chi connectivity index (χ0) is 12.4. The molecular weight excluding hydrogens is 246 g/mol. The lowest BCUT2D eigenvalue weighted by molar-refractivity contribution is 0.869. The Hall–Kier alpha value is -1.74. The zero-order valence-corrected chi connectivity index (χ0v) is 11.4. The molecule has 96 valence electrons. The van der Waals surface area contributed by atoms with Gasteiger partial charge in [-0.25, -0.2) is 4.98 Å². The highest BCUT2D eigenvalue weighted by atomic mass is 35.5. The Labute approximate surface area is 114 Å². The maximum atomic E-state index is 5.93. The number of hydrogen-bond donors (Lipinski definition) is 2. The summed E-state index contributed by atoms with van der Waals surface area (Å²) in [4.78, 5) is 4.11. The largest absolute Gasteiger partial charge is 0.384 e. The van der Waals surface area contributed by atoms with Gasteiger partial charge in [-0.3, -0.25) is 0 Å². The lowest BCUT2D eigenvalue weighted by atomic mass is 9.93. The van der Waals surface area contributed by atoms with Crippen LogP contribution in [0.2, 0.25) is 0 Å². The van der Waals surface area contributed by atoms with Gasteiger partial charge >= 0.3 is 0 Å². The predicted molar refractivity (Wildman–Crippen MR) is 79.8 cm³/mol. The average molecular weight is 264 g/mol. The molecule has 0 spiro atoms. The van der Waals surface area contributed by atoms with Crippen molar-refractivity contribution in [2.75, 3.05) is 11.5 Å². The molecular formula is C14H18ClN3. The Morgan fingerprint density at radius 3 is 2.22 bits per heavy atom. The number of nitrogen functional groups attached to an aromatic ring is 2. The summed E-state index contributed by atoms with van der Waals surface area (Å²) in [6, 6.07) is 12.0. The lowest BCUT2D eigenvalue weighted by Crippen LogP contribution is -2.00. The Kier molecular flexibility index (Phi) is 4.56. The van der Waals surface area contributed by atoms with Crippen molar-refractivity contribution in [3.05, 3.63) is 42.0 Å². The molecule has 0 radical (unpaired) electrons. The monoisotopic (exact) mass is 263 g/mol. The van der Waals surface area contributed by atoms with Crippen LogP contribution in [0.3, 0.4) is 0 Å². The van der Waals surface area contributed by atoms with Crippen molar-refractivity contribution < 1.29 is 0 Å². The van der Waals surface area contributed by atoms with Crippen LogP contribution in [0.25, 0.3) is 11.1 Å². The first-order valence-corrected chi connectivity index (χ1v) is 5.71. The lowest BCUT2D eigenvalue weighted by Gasteiger charge is -2.14. The van der Waals surface area contributed by atoms with Crippen molar-refractivity contribution in [2.24, 2.45) is 0 Å². The summed E-state index contributed by atoms with van der Waals surface area (Å²) in [5.74, 6) is 1.38. The molecule has 0 bridgehead atoms. The van der Waals surface area contributed by atoms with Gasteiger partial charge in [0.25, 0.3) is 0 Å². The van der Waals surface area contributed by atoms with E-state index >= 15 is 0 Å². The van der Waals surface area contributed by atoms with Crippen LogP contribution < -0.4 is 11.5 Å². The van der Waals surface area contributed by atoms with Gasteiger partial charge in [0, 0.05) is 5.56 Å².